The molecule has 2 bridgehead atoms. The van der Waals surface area contributed by atoms with E-state index in [0.717, 1.165) is 11.8 Å². The molecule has 3 aliphatic rings. The summed E-state index contributed by atoms with van der Waals surface area (Å²) in [5.41, 5.74) is 2.44. The molecule has 0 spiro atoms. The summed E-state index contributed by atoms with van der Waals surface area (Å²) in [6.45, 7) is 0. The third-order valence-electron chi connectivity index (χ3n) is 3.21. The van der Waals surface area contributed by atoms with Crippen LogP contribution >= 0.6 is 0 Å². The Balaban J connectivity index is 2.01. The van der Waals surface area contributed by atoms with Gasteiger partial charge in [-0.15, -0.1) is 0 Å². The highest BCUT2D eigenvalue weighted by molar-refractivity contribution is 4.88. The maximum absolute atomic E-state index is 8.76. The smallest absolute Gasteiger partial charge is 0.0350 e. The van der Waals surface area contributed by atoms with Crippen LogP contribution in [-0.2, 0) is 0 Å². The van der Waals surface area contributed by atoms with Gasteiger partial charge in [-0.05, 0) is 31.1 Å². The second-order valence-electron chi connectivity index (χ2n) is 3.75. The molecule has 58 valence electrons. The van der Waals surface area contributed by atoms with E-state index in [4.69, 9.17) is 5.21 Å². The van der Waals surface area contributed by atoms with Crippen LogP contribution in [0.5, 0.6) is 0 Å². The van der Waals surface area contributed by atoms with Crippen LogP contribution in [0.3, 0.4) is 0 Å². The lowest BCUT2D eigenvalue weighted by Crippen LogP contribution is -2.43. The van der Waals surface area contributed by atoms with Crippen molar-refractivity contribution in [3.8, 4) is 0 Å². The Labute approximate surface area is 61.6 Å². The number of rotatable bonds is 1. The van der Waals surface area contributed by atoms with Gasteiger partial charge in [-0.3, -0.25) is 0 Å². The summed E-state index contributed by atoms with van der Waals surface area (Å²) in [5, 5.41) is 8.76. The zero-order chi connectivity index (χ0) is 6.97. The van der Waals surface area contributed by atoms with Gasteiger partial charge in [0.15, 0.2) is 0 Å². The molecule has 0 aromatic heterocycles. The number of hydrogen-bond acceptors (Lipinski definition) is 2. The summed E-state index contributed by atoms with van der Waals surface area (Å²) >= 11 is 0. The minimum absolute atomic E-state index is 0.424. The molecule has 0 aromatic rings. The van der Waals surface area contributed by atoms with Crippen molar-refractivity contribution in [3.63, 3.8) is 0 Å². The zero-order valence-corrected chi connectivity index (χ0v) is 6.21. The van der Waals surface area contributed by atoms with Crippen LogP contribution in [0.1, 0.15) is 32.1 Å². The van der Waals surface area contributed by atoms with E-state index in [9.17, 15) is 0 Å². The molecule has 2 N–H and O–H groups in total. The van der Waals surface area contributed by atoms with E-state index in [2.05, 4.69) is 5.48 Å². The van der Waals surface area contributed by atoms with Gasteiger partial charge in [-0.25, -0.2) is 5.48 Å². The maximum Gasteiger partial charge on any atom is 0.0350 e. The topological polar surface area (TPSA) is 32.3 Å². The Hall–Kier alpha value is -0.0800. The molecule has 0 radical (unpaired) electrons. The van der Waals surface area contributed by atoms with Gasteiger partial charge >= 0.3 is 0 Å². The predicted molar refractivity (Wildman–Crippen MR) is 38.8 cm³/mol. The van der Waals surface area contributed by atoms with Crippen LogP contribution in [0.2, 0.25) is 0 Å². The Morgan fingerprint density at radius 2 is 1.80 bits per heavy atom. The molecule has 0 aromatic carbocycles. The van der Waals surface area contributed by atoms with Crippen LogP contribution in [0.15, 0.2) is 0 Å². The quantitative estimate of drug-likeness (QED) is 0.543. The third-order valence-corrected chi connectivity index (χ3v) is 3.21. The lowest BCUT2D eigenvalue weighted by molar-refractivity contribution is 0.0274. The van der Waals surface area contributed by atoms with Crippen molar-refractivity contribution in [3.05, 3.63) is 0 Å². The average Bonchev–Trinajstić information content (AvgIpc) is 2.06. The van der Waals surface area contributed by atoms with Gasteiger partial charge in [0.2, 0.25) is 0 Å². The fourth-order valence-electron chi connectivity index (χ4n) is 2.54. The first-order valence-electron chi connectivity index (χ1n) is 4.30. The molecule has 0 heterocycles. The molecule has 3 aliphatic carbocycles. The first-order chi connectivity index (χ1) is 4.90. The van der Waals surface area contributed by atoms with Gasteiger partial charge in [-0.2, -0.15) is 0 Å². The van der Waals surface area contributed by atoms with Crippen molar-refractivity contribution in [1.82, 2.24) is 5.48 Å². The minimum Gasteiger partial charge on any atom is -0.317 e. The van der Waals surface area contributed by atoms with Crippen molar-refractivity contribution >= 4 is 0 Å². The average molecular weight is 141 g/mol. The van der Waals surface area contributed by atoms with Gasteiger partial charge in [0, 0.05) is 6.04 Å². The monoisotopic (exact) mass is 141 g/mol. The highest BCUT2D eigenvalue weighted by Gasteiger charge is 2.34. The second-order valence-corrected chi connectivity index (χ2v) is 3.75. The molecule has 2 nitrogen and oxygen atoms in total. The van der Waals surface area contributed by atoms with Crippen LogP contribution in [-0.4, -0.2) is 11.2 Å². The van der Waals surface area contributed by atoms with Crippen LogP contribution in [0.4, 0.5) is 0 Å². The summed E-state index contributed by atoms with van der Waals surface area (Å²) < 4.78 is 0. The highest BCUT2D eigenvalue weighted by atomic mass is 16.5. The van der Waals surface area contributed by atoms with E-state index in [1.54, 1.807) is 0 Å². The third kappa shape index (κ3) is 0.956. The summed E-state index contributed by atoms with van der Waals surface area (Å²) in [6, 6.07) is 0.424. The largest absolute Gasteiger partial charge is 0.317 e. The molecule has 0 amide bonds. The molecular weight excluding hydrogens is 126 g/mol. The Kier molecular flexibility index (Phi) is 1.66. The number of nitrogens with one attached hydrogen (secondary N) is 1. The molecule has 0 saturated heterocycles. The first-order valence-corrected chi connectivity index (χ1v) is 4.30. The Morgan fingerprint density at radius 1 is 1.10 bits per heavy atom. The molecule has 3 saturated carbocycles. The molecular formula is C8H15NO. The fraction of sp³-hybridized carbons (Fsp3) is 1.00. The Morgan fingerprint density at radius 3 is 2.10 bits per heavy atom. The fourth-order valence-corrected chi connectivity index (χ4v) is 2.54. The minimum atomic E-state index is 0.424. The highest BCUT2D eigenvalue weighted by Crippen LogP contribution is 2.40. The number of fused-ring (bicyclic) bond motifs is 3. The van der Waals surface area contributed by atoms with Crippen molar-refractivity contribution in [2.75, 3.05) is 0 Å². The Bertz CT molecular complexity index is 118. The molecule has 10 heavy (non-hydrogen) atoms. The van der Waals surface area contributed by atoms with Crippen LogP contribution < -0.4 is 5.48 Å². The molecule has 0 aliphatic heterocycles. The van der Waals surface area contributed by atoms with E-state index >= 15 is 0 Å². The standard InChI is InChI=1S/C8H15NO/c10-9-8-5-6-1-3-7(8)4-2-6/h6-10H,1-5H2. The number of hydroxylamine groups is 1. The van der Waals surface area contributed by atoms with Crippen LogP contribution in [0.25, 0.3) is 0 Å². The van der Waals surface area contributed by atoms with E-state index in [1.165, 1.54) is 32.1 Å². The summed E-state index contributed by atoms with van der Waals surface area (Å²) in [6.07, 6.45) is 6.69. The summed E-state index contributed by atoms with van der Waals surface area (Å²) in [5.74, 6) is 1.68. The molecule has 3 rings (SSSR count). The van der Waals surface area contributed by atoms with Crippen molar-refractivity contribution in [1.29, 1.82) is 0 Å². The lowest BCUT2D eigenvalue weighted by Gasteiger charge is -2.41. The maximum atomic E-state index is 8.76. The van der Waals surface area contributed by atoms with E-state index in [1.807, 2.05) is 0 Å². The van der Waals surface area contributed by atoms with Crippen molar-refractivity contribution < 1.29 is 5.21 Å². The van der Waals surface area contributed by atoms with E-state index in [-0.39, 0.29) is 0 Å². The molecule has 3 fully saturated rings. The van der Waals surface area contributed by atoms with Crippen molar-refractivity contribution in [2.24, 2.45) is 11.8 Å². The first kappa shape index (κ1) is 6.62. The van der Waals surface area contributed by atoms with E-state index < -0.39 is 0 Å². The molecule has 1 unspecified atom stereocenters. The SMILES string of the molecule is ONC1CC2CCC1CC2. The number of hydrogen-bond donors (Lipinski definition) is 2. The molecule has 1 atom stereocenters. The zero-order valence-electron chi connectivity index (χ0n) is 6.21. The summed E-state index contributed by atoms with van der Waals surface area (Å²) in [7, 11) is 0. The lowest BCUT2D eigenvalue weighted by atomic mass is 9.68. The van der Waals surface area contributed by atoms with Gasteiger partial charge in [0.25, 0.3) is 0 Å². The van der Waals surface area contributed by atoms with E-state index in [0.29, 0.717) is 6.04 Å². The van der Waals surface area contributed by atoms with Gasteiger partial charge < -0.3 is 5.21 Å². The summed E-state index contributed by atoms with van der Waals surface area (Å²) in [4.78, 5) is 0. The second kappa shape index (κ2) is 2.51. The van der Waals surface area contributed by atoms with Gasteiger partial charge in [0.05, 0.1) is 0 Å². The van der Waals surface area contributed by atoms with Crippen LogP contribution in [0, 0.1) is 11.8 Å². The van der Waals surface area contributed by atoms with Gasteiger partial charge in [-0.1, -0.05) is 12.8 Å². The van der Waals surface area contributed by atoms with Gasteiger partial charge in [0.1, 0.15) is 0 Å². The predicted octanol–water partition coefficient (Wildman–Crippen LogP) is 1.54. The van der Waals surface area contributed by atoms with Crippen molar-refractivity contribution in [2.45, 2.75) is 38.1 Å². The normalized spacial score (nSPS) is 45.9. The molecule has 2 heteroatoms.